The zero-order chi connectivity index (χ0) is 98.8. The summed E-state index contributed by atoms with van der Waals surface area (Å²) < 4.78 is 134. The Kier molecular flexibility index (Phi) is 36.7. The van der Waals surface area contributed by atoms with Gasteiger partial charge in [0.1, 0.15) is 89.1 Å². The van der Waals surface area contributed by atoms with Gasteiger partial charge in [-0.3, -0.25) is 4.79 Å². The summed E-state index contributed by atoms with van der Waals surface area (Å²) in [4.78, 5) is 69.5. The summed E-state index contributed by atoms with van der Waals surface area (Å²) >= 11 is 0. The van der Waals surface area contributed by atoms with E-state index in [-0.39, 0.29) is 100 Å². The van der Waals surface area contributed by atoms with Crippen molar-refractivity contribution in [1.82, 2.24) is 60.5 Å². The largest absolute Gasteiger partial charge is 0.491 e. The number of carbonyl (C=O) groups is 3. The number of benzene rings is 3. The molecule has 38 heteroatoms. The highest BCUT2D eigenvalue weighted by atomic mass is 28.4. The Balaban J connectivity index is 0.000000212. The first-order valence-corrected chi connectivity index (χ1v) is 51.7. The van der Waals surface area contributed by atoms with Gasteiger partial charge in [0.25, 0.3) is 12.9 Å². The van der Waals surface area contributed by atoms with Gasteiger partial charge in [-0.05, 0) is 201 Å². The Bertz CT molecular complexity index is 5370. The monoisotopic (exact) mass is 1920 g/mol. The van der Waals surface area contributed by atoms with Gasteiger partial charge in [-0.15, -0.1) is 0 Å². The number of carbonyl (C=O) groups excluding carboxylic acids is 3. The zero-order valence-corrected chi connectivity index (χ0v) is 84.8. The Morgan fingerprint density at radius 2 is 0.793 bits per heavy atom. The normalized spacial score (nSPS) is 15.2. The van der Waals surface area contributed by atoms with Crippen LogP contribution in [0.1, 0.15) is 190 Å². The van der Waals surface area contributed by atoms with Crippen LogP contribution in [-0.2, 0) is 32.5 Å². The van der Waals surface area contributed by atoms with Crippen LogP contribution >= 0.6 is 0 Å². The van der Waals surface area contributed by atoms with Crippen molar-refractivity contribution in [2.45, 2.75) is 260 Å². The molecule has 3 aliphatic heterocycles. The Labute approximate surface area is 791 Å². The lowest BCUT2D eigenvalue weighted by Crippen LogP contribution is -2.49. The number of aliphatic hydroxyl groups is 1. The van der Waals surface area contributed by atoms with Gasteiger partial charge in [0.05, 0.1) is 92.8 Å². The van der Waals surface area contributed by atoms with Gasteiger partial charge in [0.2, 0.25) is 0 Å². The molecule has 3 fully saturated rings. The molecule has 0 saturated carbocycles. The first kappa shape index (κ1) is 106. The summed E-state index contributed by atoms with van der Waals surface area (Å²) in [5.74, 6) is 4.42. The van der Waals surface area contributed by atoms with Crippen LogP contribution in [0, 0.1) is 41.5 Å². The number of aryl methyl sites for hydroxylation is 6. The van der Waals surface area contributed by atoms with Crippen molar-refractivity contribution in [3.63, 3.8) is 0 Å². The maximum Gasteiger partial charge on any atom is 0.410 e. The second-order valence-electron chi connectivity index (χ2n) is 39.3. The molecule has 3 saturated heterocycles. The third kappa shape index (κ3) is 29.5. The number of nitrogens with zero attached hydrogens (tertiary/aromatic N) is 11. The van der Waals surface area contributed by atoms with Crippen LogP contribution in [0.3, 0.4) is 0 Å². The number of ether oxygens (including phenoxy) is 8. The Morgan fingerprint density at radius 3 is 1.09 bits per heavy atom. The number of hydrogen-bond acceptors (Lipinski definition) is 30. The van der Waals surface area contributed by atoms with Crippen LogP contribution in [0.2, 0.25) is 36.3 Å². The van der Waals surface area contributed by atoms with Crippen molar-refractivity contribution in [3.8, 4) is 85.2 Å². The predicted octanol–water partition coefficient (Wildman–Crippen LogP) is 19.9. The summed E-state index contributed by atoms with van der Waals surface area (Å²) in [6.07, 6.45) is -3.06. The highest BCUT2D eigenvalue weighted by Crippen LogP contribution is 2.45. The van der Waals surface area contributed by atoms with Gasteiger partial charge < -0.3 is 96.5 Å². The van der Waals surface area contributed by atoms with Crippen molar-refractivity contribution in [1.29, 1.82) is 0 Å². The molecule has 3 aromatic carbocycles. The van der Waals surface area contributed by atoms with E-state index in [2.05, 4.69) is 119 Å². The molecule has 0 spiro atoms. The van der Waals surface area contributed by atoms with Gasteiger partial charge in [-0.25, -0.2) is 57.1 Å². The van der Waals surface area contributed by atoms with Crippen LogP contribution in [0.15, 0.2) is 86.4 Å². The predicted molar refractivity (Wildman–Crippen MR) is 513 cm³/mol. The molecule has 2 amide bonds. The van der Waals surface area contributed by atoms with Gasteiger partial charge in [0.15, 0.2) is 40.4 Å². The summed E-state index contributed by atoms with van der Waals surface area (Å²) in [6, 6.07) is 21.6. The SMILES string of the molecule is CNCC(O)COc1cccc(-c2nc(NC3CCOCC3)c(C(F)F)c(-c3c(C)noc3C)n2)c1.Cc1noc(C)c1-c1nc(-c2cccc(OCC(CN(C)C(=O)OC(C)(C)C)O[Si](C)(C)C(C)(C)C)c2)nc(NC2CCOCC2)c1C(F)F.Cc1noc(C)c1-c1nc(-c2cccc(OCC(CN(C)C(=O)OC(C)(C)C)O[Si](C)(C)C(C)(C)C)c2)nc(NC2CCOCC2)c1C=O. The Morgan fingerprint density at radius 1 is 0.481 bits per heavy atom. The van der Waals surface area contributed by atoms with Crippen LogP contribution in [0.4, 0.5) is 44.6 Å². The number of nitrogens with one attached hydrogen (secondary N) is 4. The molecular formula is C97H137F4N15O17Si2. The molecule has 3 aliphatic rings. The number of alkyl halides is 4. The smallest absolute Gasteiger partial charge is 0.410 e. The average molecular weight is 1920 g/mol. The second-order valence-corrected chi connectivity index (χ2v) is 48.8. The van der Waals surface area contributed by atoms with E-state index in [9.17, 15) is 37.1 Å². The van der Waals surface area contributed by atoms with Gasteiger partial charge in [-0.1, -0.05) is 93.4 Å². The quantitative estimate of drug-likeness (QED) is 0.0142. The minimum Gasteiger partial charge on any atom is -0.491 e. The molecule has 0 bridgehead atoms. The maximum atomic E-state index is 14.8. The summed E-state index contributed by atoms with van der Waals surface area (Å²) in [6.45, 7) is 47.8. The lowest BCUT2D eigenvalue weighted by atomic mass is 10.0. The highest BCUT2D eigenvalue weighted by molar-refractivity contribution is 6.74. The minimum atomic E-state index is -2.86. The standard InChI is InChI=1S/C36H53F2N5O6Si.C36H53N5O7Si.C25H31F2N5O4/c1-22-28(23(2)48-42-22)30-29(31(37)38)33(39-25-15-17-45-18-16-25)41-32(40-30)24-13-12-14-26(19-24)46-21-27(49-50(10,11)36(6,7)8)20-43(9)34(44)47-35(3,4)5;1-23-30(24(2)47-40-23)31-29(21-42)33(37-26-15-17-44-18-16-26)39-32(38-31)25-13-12-14-27(19-25)45-22-28(48-49(10,11)36(6,7)8)20-41(9)34(43)46-35(3,4)5;1-14-20(15(2)36-32-14)22-21(23(26)27)25(29-17-7-9-34-10-8-17)31-24(30-22)16-5-4-6-19(11-16)35-13-18(33)12-28-3/h12-14,19,25,27,31H,15-18,20-21H2,1-11H3,(H,39,40,41);12-14,19,21,26,28H,15-18,20,22H2,1-11H3,(H,37,38,39);4-6,11,17-18,23,28,33H,7-10,12-13H2,1-3H3,(H,29,30,31). The molecule has 9 heterocycles. The number of aldehydes is 1. The molecule has 6 aromatic heterocycles. The van der Waals surface area contributed by atoms with Crippen LogP contribution in [0.25, 0.3) is 67.9 Å². The lowest BCUT2D eigenvalue weighted by molar-refractivity contribution is 0.0166. The molecule has 135 heavy (non-hydrogen) atoms. The molecule has 5 N–H and O–H groups in total. The molecular weight excluding hydrogens is 1780 g/mol. The number of aliphatic hydroxyl groups excluding tert-OH is 1. The third-order valence-electron chi connectivity index (χ3n) is 23.8. The van der Waals surface area contributed by atoms with E-state index in [1.165, 1.54) is 9.80 Å². The fraction of sp³-hybridized carbons (Fsp3) is 0.567. The number of rotatable bonds is 34. The summed E-state index contributed by atoms with van der Waals surface area (Å²) in [5.41, 5.74) is 3.98. The Hall–Kier alpha value is -10.6. The van der Waals surface area contributed by atoms with Gasteiger partial charge >= 0.3 is 12.2 Å². The van der Waals surface area contributed by atoms with E-state index in [0.29, 0.717) is 186 Å². The maximum absolute atomic E-state index is 14.8. The molecule has 0 radical (unpaired) electrons. The first-order chi connectivity index (χ1) is 63.5. The first-order valence-electron chi connectivity index (χ1n) is 45.9. The molecule has 3 atom stereocenters. The van der Waals surface area contributed by atoms with Crippen LogP contribution < -0.4 is 35.5 Å². The molecule has 3 unspecified atom stereocenters. The third-order valence-corrected chi connectivity index (χ3v) is 32.9. The van der Waals surface area contributed by atoms with Crippen molar-refractivity contribution in [2.24, 2.45) is 0 Å². The number of likely N-dealkylation sites (N-methyl/N-ethyl adjacent to an activating group) is 3. The van der Waals surface area contributed by atoms with Crippen molar-refractivity contribution >= 4 is 52.6 Å². The number of amides is 2. The average Bonchev–Trinajstić information content (AvgIpc) is 1.67. The number of anilines is 3. The zero-order valence-electron chi connectivity index (χ0n) is 82.8. The summed E-state index contributed by atoms with van der Waals surface area (Å²) in [5, 5.41) is 34.7. The number of aromatic nitrogens is 9. The van der Waals surface area contributed by atoms with Crippen molar-refractivity contribution in [2.75, 3.05) is 116 Å². The number of halogens is 4. The van der Waals surface area contributed by atoms with E-state index in [4.69, 9.17) is 75.3 Å². The van der Waals surface area contributed by atoms with Crippen LogP contribution in [-0.4, -0.2) is 243 Å². The van der Waals surface area contributed by atoms with Gasteiger partial charge in [-0.2, -0.15) is 0 Å². The van der Waals surface area contributed by atoms with Crippen molar-refractivity contribution in [3.05, 3.63) is 124 Å². The molecule has 738 valence electrons. The second kappa shape index (κ2) is 46.5. The highest BCUT2D eigenvalue weighted by Gasteiger charge is 2.43. The van der Waals surface area contributed by atoms with E-state index in [1.54, 1.807) is 104 Å². The topological polar surface area (TPSA) is 374 Å². The van der Waals surface area contributed by atoms with Gasteiger partial charge in [0, 0.05) is 95.1 Å². The molecule has 12 rings (SSSR count). The molecule has 32 nitrogen and oxygen atoms in total. The van der Waals surface area contributed by atoms with Crippen molar-refractivity contribution < 1.29 is 97.4 Å². The van der Waals surface area contributed by atoms with E-state index < -0.39 is 71.2 Å². The summed E-state index contributed by atoms with van der Waals surface area (Å²) in [7, 11) is 0.634. The fourth-order valence-corrected chi connectivity index (χ4v) is 17.4. The van der Waals surface area contributed by atoms with E-state index in [0.717, 1.165) is 19.1 Å². The van der Waals surface area contributed by atoms with Crippen LogP contribution in [0.5, 0.6) is 17.2 Å². The molecule has 9 aromatic rings. The number of hydrogen-bond donors (Lipinski definition) is 5. The van der Waals surface area contributed by atoms with E-state index in [1.807, 2.05) is 72.7 Å². The lowest BCUT2D eigenvalue weighted by Gasteiger charge is -2.40. The minimum absolute atomic E-state index is 0.0456. The van der Waals surface area contributed by atoms with E-state index >= 15 is 0 Å². The fourth-order valence-electron chi connectivity index (χ4n) is 14.7. The molecule has 0 aliphatic carbocycles.